The van der Waals surface area contributed by atoms with E-state index in [1.54, 1.807) is 19.1 Å². The van der Waals surface area contributed by atoms with E-state index >= 15 is 0 Å². The lowest BCUT2D eigenvalue weighted by atomic mass is 9.89. The Morgan fingerprint density at radius 1 is 0.977 bits per heavy atom. The average molecular weight is 594 g/mol. The van der Waals surface area contributed by atoms with Gasteiger partial charge in [-0.3, -0.25) is 8.98 Å². The Labute approximate surface area is 246 Å². The van der Waals surface area contributed by atoms with Gasteiger partial charge < -0.3 is 24.3 Å². The molecule has 3 atom stereocenters. The van der Waals surface area contributed by atoms with Crippen LogP contribution in [0.2, 0.25) is 0 Å². The normalized spacial score (nSPS) is 24.4. The number of hydrogen-bond donors (Lipinski definition) is 2. The van der Waals surface area contributed by atoms with Gasteiger partial charge in [0.1, 0.15) is 18.4 Å². The standard InChI is InChI=1S/C33H27N3O6S/c1-18-11-13-19(14-12-18)43(39,40)41-17-33(38)15-25-35-23-9-5-3-7-20(23)27-28-22(16-34-31(28)37)26-21-8-4-6-10-24(21)36(30(26)29(27)35)32(33,2)42-25/h3-14,25,38H,15-17H2,1-2H3,(H,34,37)/t25-,32+,33+/m1/s1. The molecular formula is C33H27N3O6S. The van der Waals surface area contributed by atoms with E-state index in [4.69, 9.17) is 8.92 Å². The van der Waals surface area contributed by atoms with Crippen LogP contribution in [0.1, 0.15) is 41.1 Å². The second-order valence-electron chi connectivity index (χ2n) is 12.0. The fourth-order valence-electron chi connectivity index (χ4n) is 7.66. The third kappa shape index (κ3) is 3.01. The molecule has 3 aliphatic rings. The number of hydrogen-bond acceptors (Lipinski definition) is 6. The number of fused-ring (bicyclic) bond motifs is 13. The van der Waals surface area contributed by atoms with Crippen molar-refractivity contribution >= 4 is 59.6 Å². The number of carbonyl (C=O) groups excluding carboxylic acids is 1. The van der Waals surface area contributed by atoms with Crippen molar-refractivity contribution in [3.05, 3.63) is 89.5 Å². The van der Waals surface area contributed by atoms with Crippen molar-refractivity contribution < 1.29 is 27.2 Å². The first kappa shape index (κ1) is 25.3. The van der Waals surface area contributed by atoms with Crippen molar-refractivity contribution in [3.8, 4) is 0 Å². The zero-order valence-electron chi connectivity index (χ0n) is 23.4. The predicted octanol–water partition coefficient (Wildman–Crippen LogP) is 5.20. The fourth-order valence-corrected chi connectivity index (χ4v) is 8.62. The highest BCUT2D eigenvalue weighted by Crippen LogP contribution is 2.57. The summed E-state index contributed by atoms with van der Waals surface area (Å²) in [6.45, 7) is 3.56. The molecule has 1 amide bonds. The summed E-state index contributed by atoms with van der Waals surface area (Å²) in [6.07, 6.45) is -0.593. The van der Waals surface area contributed by atoms with Crippen LogP contribution < -0.4 is 5.32 Å². The number of para-hydroxylation sites is 2. The van der Waals surface area contributed by atoms with Gasteiger partial charge in [0, 0.05) is 34.5 Å². The summed E-state index contributed by atoms with van der Waals surface area (Å²) >= 11 is 0. The molecule has 0 spiro atoms. The number of aryl methyl sites for hydroxylation is 1. The maximum absolute atomic E-state index is 13.4. The van der Waals surface area contributed by atoms with Gasteiger partial charge in [0.05, 0.1) is 32.5 Å². The smallest absolute Gasteiger partial charge is 0.297 e. The quantitative estimate of drug-likeness (QED) is 0.272. The Balaban J connectivity index is 1.35. The third-order valence-corrected chi connectivity index (χ3v) is 11.0. The van der Waals surface area contributed by atoms with Crippen LogP contribution in [-0.4, -0.2) is 40.8 Å². The van der Waals surface area contributed by atoms with Crippen LogP contribution >= 0.6 is 0 Å². The molecule has 0 unspecified atom stereocenters. The SMILES string of the molecule is Cc1ccc(S(=O)(=O)OC[C@@]2(O)C[C@H]3O[C@]2(C)n2c4ccccc4c4c5c(c6c7ccccc7n3c6c42)C(=O)NC5)cc1. The van der Waals surface area contributed by atoms with Crippen molar-refractivity contribution in [2.75, 3.05) is 6.61 Å². The summed E-state index contributed by atoms with van der Waals surface area (Å²) in [5, 5.41) is 19.2. The van der Waals surface area contributed by atoms with Crippen LogP contribution in [0.5, 0.6) is 0 Å². The number of carbonyl (C=O) groups is 1. The second-order valence-corrected chi connectivity index (χ2v) is 13.7. The molecular weight excluding hydrogens is 566 g/mol. The molecule has 10 heteroatoms. The largest absolute Gasteiger partial charge is 0.382 e. The van der Waals surface area contributed by atoms with E-state index in [9.17, 15) is 18.3 Å². The molecule has 0 radical (unpaired) electrons. The van der Waals surface area contributed by atoms with Gasteiger partial charge in [-0.25, -0.2) is 0 Å². The minimum Gasteiger partial charge on any atom is -0.382 e. The van der Waals surface area contributed by atoms with Crippen molar-refractivity contribution in [2.24, 2.45) is 0 Å². The zero-order chi connectivity index (χ0) is 29.5. The molecule has 2 N–H and O–H groups in total. The Morgan fingerprint density at radius 3 is 2.40 bits per heavy atom. The van der Waals surface area contributed by atoms with Crippen molar-refractivity contribution in [3.63, 3.8) is 0 Å². The predicted molar refractivity (Wildman–Crippen MR) is 161 cm³/mol. The molecule has 216 valence electrons. The zero-order valence-corrected chi connectivity index (χ0v) is 24.2. The van der Waals surface area contributed by atoms with Crippen molar-refractivity contribution in [1.29, 1.82) is 0 Å². The van der Waals surface area contributed by atoms with E-state index in [2.05, 4.69) is 9.88 Å². The Kier molecular flexibility index (Phi) is 4.72. The number of ether oxygens (including phenoxy) is 1. The fraction of sp³-hybridized carbons (Fsp3) is 0.242. The Hall–Kier alpha value is -4.22. The molecule has 6 aromatic rings. The molecule has 1 fully saturated rings. The summed E-state index contributed by atoms with van der Waals surface area (Å²) in [5.74, 6) is -0.107. The Morgan fingerprint density at radius 2 is 1.65 bits per heavy atom. The lowest BCUT2D eigenvalue weighted by Crippen LogP contribution is -2.53. The van der Waals surface area contributed by atoms with Crippen LogP contribution in [0.3, 0.4) is 0 Å². The molecule has 4 aromatic carbocycles. The molecule has 2 bridgehead atoms. The number of aromatic nitrogens is 2. The van der Waals surface area contributed by atoms with Crippen molar-refractivity contribution in [2.45, 2.75) is 49.3 Å². The van der Waals surface area contributed by atoms with E-state index in [1.165, 1.54) is 12.1 Å². The van der Waals surface area contributed by atoms with E-state index < -0.39 is 34.3 Å². The molecule has 1 saturated heterocycles. The van der Waals surface area contributed by atoms with Crippen LogP contribution in [0, 0.1) is 6.92 Å². The molecule has 9 rings (SSSR count). The average Bonchev–Trinajstić information content (AvgIpc) is 3.69. The molecule has 43 heavy (non-hydrogen) atoms. The number of benzene rings is 4. The first-order valence-corrected chi connectivity index (χ1v) is 15.7. The van der Waals surface area contributed by atoms with Gasteiger partial charge in [-0.15, -0.1) is 0 Å². The van der Waals surface area contributed by atoms with Crippen LogP contribution in [-0.2, 0) is 31.3 Å². The van der Waals surface area contributed by atoms with Gasteiger partial charge in [0.25, 0.3) is 16.0 Å². The second kappa shape index (κ2) is 8.03. The number of rotatable bonds is 4. The first-order valence-electron chi connectivity index (χ1n) is 14.3. The van der Waals surface area contributed by atoms with Gasteiger partial charge in [-0.1, -0.05) is 54.1 Å². The number of aliphatic hydroxyl groups is 1. The lowest BCUT2D eigenvalue weighted by molar-refractivity contribution is -0.186. The topological polar surface area (TPSA) is 112 Å². The highest BCUT2D eigenvalue weighted by molar-refractivity contribution is 7.86. The molecule has 2 aromatic heterocycles. The first-order chi connectivity index (χ1) is 20.6. The minimum atomic E-state index is -4.16. The van der Waals surface area contributed by atoms with E-state index in [0.29, 0.717) is 12.1 Å². The summed E-state index contributed by atoms with van der Waals surface area (Å²) in [4.78, 5) is 13.4. The highest BCUT2D eigenvalue weighted by Gasteiger charge is 2.61. The summed E-state index contributed by atoms with van der Waals surface area (Å²) in [6, 6.07) is 22.2. The number of amides is 1. The van der Waals surface area contributed by atoms with Gasteiger partial charge in [0.2, 0.25) is 0 Å². The van der Waals surface area contributed by atoms with E-state index in [0.717, 1.165) is 54.7 Å². The molecule has 5 heterocycles. The third-order valence-electron chi connectivity index (χ3n) is 9.73. The maximum atomic E-state index is 13.4. The van der Waals surface area contributed by atoms with Gasteiger partial charge in [-0.05, 0) is 43.7 Å². The van der Waals surface area contributed by atoms with Gasteiger partial charge in [0.15, 0.2) is 5.72 Å². The highest BCUT2D eigenvalue weighted by atomic mass is 32.2. The molecule has 0 saturated carbocycles. The van der Waals surface area contributed by atoms with E-state index in [1.807, 2.05) is 60.0 Å². The molecule has 9 nitrogen and oxygen atoms in total. The number of nitrogens with zero attached hydrogens (tertiary/aromatic N) is 2. The van der Waals surface area contributed by atoms with Crippen LogP contribution in [0.4, 0.5) is 0 Å². The summed E-state index contributed by atoms with van der Waals surface area (Å²) in [5.41, 5.74) is 2.74. The van der Waals surface area contributed by atoms with Crippen molar-refractivity contribution in [1.82, 2.24) is 14.5 Å². The summed E-state index contributed by atoms with van der Waals surface area (Å²) in [7, 11) is -4.16. The monoisotopic (exact) mass is 593 g/mol. The number of nitrogens with one attached hydrogen (secondary N) is 1. The van der Waals surface area contributed by atoms with Crippen LogP contribution in [0.15, 0.2) is 77.7 Å². The lowest BCUT2D eigenvalue weighted by Gasteiger charge is -2.39. The van der Waals surface area contributed by atoms with Crippen LogP contribution in [0.25, 0.3) is 43.6 Å². The maximum Gasteiger partial charge on any atom is 0.297 e. The van der Waals surface area contributed by atoms with Gasteiger partial charge in [-0.2, -0.15) is 8.42 Å². The van der Waals surface area contributed by atoms with Gasteiger partial charge >= 0.3 is 0 Å². The van der Waals surface area contributed by atoms with E-state index in [-0.39, 0.29) is 17.2 Å². The molecule has 3 aliphatic heterocycles. The minimum absolute atomic E-state index is 0.0240. The summed E-state index contributed by atoms with van der Waals surface area (Å²) < 4.78 is 43.1. The Bertz CT molecular complexity index is 2340. The molecule has 0 aliphatic carbocycles.